The molecule has 16 heavy (non-hydrogen) atoms. The molecule has 0 bridgehead atoms. The van der Waals surface area contributed by atoms with Crippen molar-refractivity contribution in [3.05, 3.63) is 11.9 Å². The summed E-state index contributed by atoms with van der Waals surface area (Å²) in [5.74, 6) is -0.820. The van der Waals surface area contributed by atoms with Crippen molar-refractivity contribution in [1.82, 2.24) is 20.3 Å². The first-order chi connectivity index (χ1) is 7.72. The lowest BCUT2D eigenvalue weighted by Gasteiger charge is -1.98. The van der Waals surface area contributed by atoms with Gasteiger partial charge in [-0.15, -0.1) is 5.10 Å². The van der Waals surface area contributed by atoms with Gasteiger partial charge in [0.2, 0.25) is 0 Å². The summed E-state index contributed by atoms with van der Waals surface area (Å²) in [7, 11) is 0. The molecule has 0 amide bonds. The van der Waals surface area contributed by atoms with Crippen molar-refractivity contribution in [2.75, 3.05) is 13.2 Å². The molecule has 3 N–H and O–H groups in total. The number of aryl methyl sites for hydroxylation is 1. The Hall–Kier alpha value is -1.47. The maximum atomic E-state index is 10.2. The van der Waals surface area contributed by atoms with Crippen LogP contribution in [-0.2, 0) is 17.9 Å². The van der Waals surface area contributed by atoms with E-state index in [-0.39, 0.29) is 13.0 Å². The smallest absolute Gasteiger partial charge is 0.304 e. The monoisotopic (exact) mass is 228 g/mol. The van der Waals surface area contributed by atoms with E-state index in [0.29, 0.717) is 26.1 Å². The highest BCUT2D eigenvalue weighted by atomic mass is 16.4. The van der Waals surface area contributed by atoms with Crippen LogP contribution in [-0.4, -0.2) is 44.3 Å². The SMILES string of the molecule is O=C(O)CCNCc1cn(CCCO)nn1. The first kappa shape index (κ1) is 12.6. The fourth-order valence-electron chi connectivity index (χ4n) is 1.17. The highest BCUT2D eigenvalue weighted by Gasteiger charge is 2.01. The second-order valence-corrected chi connectivity index (χ2v) is 3.37. The molecule has 0 unspecified atom stereocenters. The predicted octanol–water partition coefficient (Wildman–Crippen LogP) is -0.775. The summed E-state index contributed by atoms with van der Waals surface area (Å²) < 4.78 is 1.66. The third-order valence-corrected chi connectivity index (χ3v) is 1.95. The molecule has 0 aliphatic carbocycles. The number of nitrogens with zero attached hydrogens (tertiary/aromatic N) is 3. The minimum Gasteiger partial charge on any atom is -0.481 e. The second kappa shape index (κ2) is 6.91. The molecule has 0 saturated heterocycles. The number of aliphatic hydroxyl groups excluding tert-OH is 1. The summed E-state index contributed by atoms with van der Waals surface area (Å²) >= 11 is 0. The van der Waals surface area contributed by atoms with Crippen molar-refractivity contribution in [2.45, 2.75) is 25.9 Å². The summed E-state index contributed by atoms with van der Waals surface area (Å²) in [6, 6.07) is 0. The van der Waals surface area contributed by atoms with Gasteiger partial charge in [-0.25, -0.2) is 0 Å². The molecule has 7 nitrogen and oxygen atoms in total. The number of carboxylic acid groups (broad SMARTS) is 1. The number of nitrogens with one attached hydrogen (secondary N) is 1. The molecule has 0 fully saturated rings. The molecule has 0 radical (unpaired) electrons. The largest absolute Gasteiger partial charge is 0.481 e. The molecular formula is C9H16N4O3. The van der Waals surface area contributed by atoms with E-state index in [0.717, 1.165) is 5.69 Å². The van der Waals surface area contributed by atoms with Crippen molar-refractivity contribution >= 4 is 5.97 Å². The Labute approximate surface area is 93.1 Å². The van der Waals surface area contributed by atoms with Crippen molar-refractivity contribution in [3.8, 4) is 0 Å². The van der Waals surface area contributed by atoms with E-state index < -0.39 is 5.97 Å². The van der Waals surface area contributed by atoms with Crippen LogP contribution < -0.4 is 5.32 Å². The third kappa shape index (κ3) is 4.85. The fourth-order valence-corrected chi connectivity index (χ4v) is 1.17. The summed E-state index contributed by atoms with van der Waals surface area (Å²) in [6.07, 6.45) is 2.53. The van der Waals surface area contributed by atoms with Crippen LogP contribution in [0.3, 0.4) is 0 Å². The number of hydrogen-bond donors (Lipinski definition) is 3. The van der Waals surface area contributed by atoms with Gasteiger partial charge in [0.15, 0.2) is 0 Å². The van der Waals surface area contributed by atoms with Crippen LogP contribution in [0.2, 0.25) is 0 Å². The Morgan fingerprint density at radius 3 is 3.06 bits per heavy atom. The van der Waals surface area contributed by atoms with Gasteiger partial charge in [0, 0.05) is 32.4 Å². The number of carboxylic acids is 1. The zero-order valence-corrected chi connectivity index (χ0v) is 8.96. The van der Waals surface area contributed by atoms with Gasteiger partial charge in [-0.2, -0.15) is 0 Å². The van der Waals surface area contributed by atoms with Gasteiger partial charge in [0.05, 0.1) is 12.1 Å². The molecule has 0 aliphatic rings. The van der Waals surface area contributed by atoms with E-state index in [1.807, 2.05) is 0 Å². The number of hydrogen-bond acceptors (Lipinski definition) is 5. The molecule has 1 aromatic heterocycles. The summed E-state index contributed by atoms with van der Waals surface area (Å²) in [5.41, 5.74) is 0.767. The van der Waals surface area contributed by atoms with Gasteiger partial charge < -0.3 is 15.5 Å². The lowest BCUT2D eigenvalue weighted by molar-refractivity contribution is -0.136. The molecule has 1 aromatic rings. The zero-order chi connectivity index (χ0) is 11.8. The Bertz CT molecular complexity index is 326. The van der Waals surface area contributed by atoms with Crippen LogP contribution in [0.5, 0.6) is 0 Å². The first-order valence-corrected chi connectivity index (χ1v) is 5.14. The van der Waals surface area contributed by atoms with Crippen molar-refractivity contribution < 1.29 is 15.0 Å². The standard InChI is InChI=1S/C9H16N4O3/c14-5-1-4-13-7-8(11-12-13)6-10-3-2-9(15)16/h7,10,14H,1-6H2,(H,15,16). The van der Waals surface area contributed by atoms with Crippen molar-refractivity contribution in [3.63, 3.8) is 0 Å². The molecular weight excluding hydrogens is 212 g/mol. The van der Waals surface area contributed by atoms with Crippen molar-refractivity contribution in [1.29, 1.82) is 0 Å². The molecule has 1 rings (SSSR count). The fraction of sp³-hybridized carbons (Fsp3) is 0.667. The molecule has 0 aromatic carbocycles. The van der Waals surface area contributed by atoms with E-state index in [4.69, 9.17) is 10.2 Å². The summed E-state index contributed by atoms with van der Waals surface area (Å²) in [4.78, 5) is 10.2. The van der Waals surface area contributed by atoms with E-state index in [2.05, 4.69) is 15.6 Å². The molecule has 7 heteroatoms. The lowest BCUT2D eigenvalue weighted by atomic mass is 10.4. The molecule has 0 saturated carbocycles. The van der Waals surface area contributed by atoms with E-state index >= 15 is 0 Å². The topological polar surface area (TPSA) is 100 Å². The zero-order valence-electron chi connectivity index (χ0n) is 8.96. The first-order valence-electron chi connectivity index (χ1n) is 5.14. The van der Waals surface area contributed by atoms with Crippen LogP contribution in [0.25, 0.3) is 0 Å². The number of aliphatic hydroxyl groups is 1. The Balaban J connectivity index is 2.21. The average Bonchev–Trinajstić information content (AvgIpc) is 2.69. The van der Waals surface area contributed by atoms with Crippen LogP contribution in [0.1, 0.15) is 18.5 Å². The Morgan fingerprint density at radius 2 is 2.38 bits per heavy atom. The number of aliphatic carboxylic acids is 1. The number of rotatable bonds is 8. The van der Waals surface area contributed by atoms with E-state index in [9.17, 15) is 4.79 Å². The lowest BCUT2D eigenvalue weighted by Crippen LogP contribution is -2.17. The van der Waals surface area contributed by atoms with Gasteiger partial charge in [-0.05, 0) is 6.42 Å². The van der Waals surface area contributed by atoms with Crippen LogP contribution >= 0.6 is 0 Å². The summed E-state index contributed by atoms with van der Waals surface area (Å²) in [5, 5.41) is 27.8. The van der Waals surface area contributed by atoms with Gasteiger partial charge in [-0.3, -0.25) is 9.48 Å². The third-order valence-electron chi connectivity index (χ3n) is 1.95. The average molecular weight is 228 g/mol. The van der Waals surface area contributed by atoms with Gasteiger partial charge in [0.25, 0.3) is 0 Å². The Morgan fingerprint density at radius 1 is 1.56 bits per heavy atom. The predicted molar refractivity (Wildman–Crippen MR) is 55.7 cm³/mol. The molecule has 0 spiro atoms. The van der Waals surface area contributed by atoms with Gasteiger partial charge in [-0.1, -0.05) is 5.21 Å². The molecule has 90 valence electrons. The van der Waals surface area contributed by atoms with E-state index in [1.54, 1.807) is 10.9 Å². The van der Waals surface area contributed by atoms with Gasteiger partial charge >= 0.3 is 5.97 Å². The molecule has 0 aliphatic heterocycles. The second-order valence-electron chi connectivity index (χ2n) is 3.37. The van der Waals surface area contributed by atoms with Crippen LogP contribution in [0.15, 0.2) is 6.20 Å². The minimum absolute atomic E-state index is 0.0959. The molecule has 1 heterocycles. The van der Waals surface area contributed by atoms with Gasteiger partial charge in [0.1, 0.15) is 0 Å². The van der Waals surface area contributed by atoms with Crippen LogP contribution in [0, 0.1) is 0 Å². The number of aromatic nitrogens is 3. The quantitative estimate of drug-likeness (QED) is 0.505. The number of carbonyl (C=O) groups is 1. The minimum atomic E-state index is -0.820. The van der Waals surface area contributed by atoms with E-state index in [1.165, 1.54) is 0 Å². The highest BCUT2D eigenvalue weighted by molar-refractivity contribution is 5.66. The van der Waals surface area contributed by atoms with Crippen LogP contribution in [0.4, 0.5) is 0 Å². The van der Waals surface area contributed by atoms with Crippen molar-refractivity contribution in [2.24, 2.45) is 0 Å². The normalized spacial score (nSPS) is 10.6. The highest BCUT2D eigenvalue weighted by Crippen LogP contribution is 1.94. The molecule has 0 atom stereocenters. The maximum Gasteiger partial charge on any atom is 0.304 e. The maximum absolute atomic E-state index is 10.2. The Kier molecular flexibility index (Phi) is 5.44. The summed E-state index contributed by atoms with van der Waals surface area (Å²) in [6.45, 7) is 1.69.